The molecule has 1 aromatic carbocycles. The van der Waals surface area contributed by atoms with Gasteiger partial charge in [-0.25, -0.2) is 8.78 Å². The highest BCUT2D eigenvalue weighted by Crippen LogP contribution is 2.15. The monoisotopic (exact) mass is 352 g/mol. The van der Waals surface area contributed by atoms with Gasteiger partial charge in [-0.15, -0.1) is 0 Å². The van der Waals surface area contributed by atoms with Gasteiger partial charge >= 0.3 is 0 Å². The highest BCUT2D eigenvalue weighted by atomic mass is 19.3. The highest BCUT2D eigenvalue weighted by Gasteiger charge is 2.08. The molecule has 0 atom stereocenters. The van der Waals surface area contributed by atoms with Crippen LogP contribution in [0.1, 0.15) is 11.1 Å². The third-order valence-corrected chi connectivity index (χ3v) is 3.62. The molecule has 0 bridgehead atoms. The standard InChI is InChI=1S/C18H26F2N4O/c1-22(2)7-8-25-17-6-4-5-15(9-17)11-23(3)12-16-10-21-24(13-16)14-18(19)20/h4-6,9-10,13,18H,7-8,11-12,14H2,1-3H3. The minimum atomic E-state index is -2.39. The lowest BCUT2D eigenvalue weighted by atomic mass is 10.2. The van der Waals surface area contributed by atoms with E-state index in [1.165, 1.54) is 4.68 Å². The number of hydrogen-bond acceptors (Lipinski definition) is 4. The Morgan fingerprint density at radius 2 is 1.92 bits per heavy atom. The highest BCUT2D eigenvalue weighted by molar-refractivity contribution is 5.28. The van der Waals surface area contributed by atoms with E-state index in [0.29, 0.717) is 13.2 Å². The minimum absolute atomic E-state index is 0.365. The topological polar surface area (TPSA) is 33.5 Å². The number of halogens is 2. The number of nitrogens with zero attached hydrogens (tertiary/aromatic N) is 4. The predicted molar refractivity (Wildman–Crippen MR) is 93.9 cm³/mol. The van der Waals surface area contributed by atoms with Gasteiger partial charge < -0.3 is 9.64 Å². The normalized spacial score (nSPS) is 11.7. The molecule has 138 valence electrons. The van der Waals surface area contributed by atoms with E-state index < -0.39 is 6.43 Å². The molecule has 5 nitrogen and oxygen atoms in total. The molecule has 0 aliphatic carbocycles. The Morgan fingerprint density at radius 1 is 1.16 bits per heavy atom. The fraction of sp³-hybridized carbons (Fsp3) is 0.500. The maximum atomic E-state index is 12.4. The molecule has 0 unspecified atom stereocenters. The van der Waals surface area contributed by atoms with Gasteiger partial charge in [0.25, 0.3) is 6.43 Å². The van der Waals surface area contributed by atoms with Crippen LogP contribution in [0.25, 0.3) is 0 Å². The van der Waals surface area contributed by atoms with Crippen LogP contribution >= 0.6 is 0 Å². The number of benzene rings is 1. The van der Waals surface area contributed by atoms with Crippen molar-refractivity contribution in [2.75, 3.05) is 34.3 Å². The van der Waals surface area contributed by atoms with E-state index in [2.05, 4.69) is 21.0 Å². The van der Waals surface area contributed by atoms with Crippen molar-refractivity contribution in [3.63, 3.8) is 0 Å². The van der Waals surface area contributed by atoms with Crippen molar-refractivity contribution in [3.05, 3.63) is 47.8 Å². The fourth-order valence-electron chi connectivity index (χ4n) is 2.49. The first-order chi connectivity index (χ1) is 11.9. The SMILES string of the molecule is CN(C)CCOc1cccc(CN(C)Cc2cnn(CC(F)F)c2)c1. The molecule has 7 heteroatoms. The number of ether oxygens (including phenoxy) is 1. The Balaban J connectivity index is 1.85. The number of aromatic nitrogens is 2. The van der Waals surface area contributed by atoms with E-state index in [-0.39, 0.29) is 6.54 Å². The van der Waals surface area contributed by atoms with Gasteiger partial charge in [0.2, 0.25) is 0 Å². The van der Waals surface area contributed by atoms with Crippen LogP contribution < -0.4 is 4.74 Å². The predicted octanol–water partition coefficient (Wildman–Crippen LogP) is 2.72. The van der Waals surface area contributed by atoms with E-state index in [4.69, 9.17) is 4.74 Å². The van der Waals surface area contributed by atoms with E-state index in [0.717, 1.165) is 30.0 Å². The van der Waals surface area contributed by atoms with Crippen molar-refractivity contribution >= 4 is 0 Å². The second-order valence-electron chi connectivity index (χ2n) is 6.43. The molecular formula is C18H26F2N4O. The third-order valence-electron chi connectivity index (χ3n) is 3.62. The van der Waals surface area contributed by atoms with Crippen LogP contribution in [0.3, 0.4) is 0 Å². The maximum absolute atomic E-state index is 12.4. The first-order valence-corrected chi connectivity index (χ1v) is 8.27. The number of likely N-dealkylation sites (N-methyl/N-ethyl adjacent to an activating group) is 1. The molecule has 0 radical (unpaired) electrons. The van der Waals surface area contributed by atoms with Crippen molar-refractivity contribution in [3.8, 4) is 5.75 Å². The van der Waals surface area contributed by atoms with Crippen LogP contribution in [0.4, 0.5) is 8.78 Å². The quantitative estimate of drug-likeness (QED) is 0.658. The van der Waals surface area contributed by atoms with Gasteiger partial charge in [0.1, 0.15) is 18.9 Å². The molecule has 0 spiro atoms. The van der Waals surface area contributed by atoms with Crippen LogP contribution in [-0.2, 0) is 19.6 Å². The molecule has 1 aromatic heterocycles. The zero-order chi connectivity index (χ0) is 18.2. The molecule has 0 aliphatic rings. The zero-order valence-electron chi connectivity index (χ0n) is 15.0. The molecule has 0 amide bonds. The third kappa shape index (κ3) is 7.19. The van der Waals surface area contributed by atoms with E-state index in [1.54, 1.807) is 12.4 Å². The van der Waals surface area contributed by atoms with Crippen LogP contribution in [0.2, 0.25) is 0 Å². The van der Waals surface area contributed by atoms with Crippen LogP contribution in [0.15, 0.2) is 36.7 Å². The van der Waals surface area contributed by atoms with Crippen LogP contribution in [0.5, 0.6) is 5.75 Å². The average molecular weight is 352 g/mol. The van der Waals surface area contributed by atoms with Gasteiger partial charge in [-0.05, 0) is 38.8 Å². The van der Waals surface area contributed by atoms with E-state index in [9.17, 15) is 8.78 Å². The van der Waals surface area contributed by atoms with Gasteiger partial charge in [0.15, 0.2) is 0 Å². The molecule has 0 aliphatic heterocycles. The summed E-state index contributed by atoms with van der Waals surface area (Å²) >= 11 is 0. The summed E-state index contributed by atoms with van der Waals surface area (Å²) in [5.74, 6) is 0.859. The lowest BCUT2D eigenvalue weighted by Gasteiger charge is -2.17. The second kappa shape index (κ2) is 9.48. The van der Waals surface area contributed by atoms with Gasteiger partial charge in [-0.1, -0.05) is 12.1 Å². The lowest BCUT2D eigenvalue weighted by molar-refractivity contribution is 0.122. The first-order valence-electron chi connectivity index (χ1n) is 8.27. The summed E-state index contributed by atoms with van der Waals surface area (Å²) in [6.45, 7) is 2.54. The van der Waals surface area contributed by atoms with Crippen molar-refractivity contribution in [2.45, 2.75) is 26.1 Å². The number of alkyl halides is 2. The largest absolute Gasteiger partial charge is 0.492 e. The van der Waals surface area contributed by atoms with Crippen LogP contribution in [0, 0.1) is 0 Å². The summed E-state index contributed by atoms with van der Waals surface area (Å²) < 4.78 is 31.8. The Morgan fingerprint density at radius 3 is 2.64 bits per heavy atom. The Hall–Kier alpha value is -1.99. The molecule has 0 fully saturated rings. The van der Waals surface area contributed by atoms with Gasteiger partial charge in [0, 0.05) is 31.4 Å². The summed E-state index contributed by atoms with van der Waals surface area (Å²) in [4.78, 5) is 4.19. The molecule has 0 N–H and O–H groups in total. The molecule has 25 heavy (non-hydrogen) atoms. The first kappa shape index (κ1) is 19.3. The maximum Gasteiger partial charge on any atom is 0.257 e. The second-order valence-corrected chi connectivity index (χ2v) is 6.43. The Bertz CT molecular complexity index is 646. The van der Waals surface area contributed by atoms with Crippen LogP contribution in [-0.4, -0.2) is 60.3 Å². The summed E-state index contributed by atoms with van der Waals surface area (Å²) in [7, 11) is 6.01. The van der Waals surface area contributed by atoms with Crippen molar-refractivity contribution in [1.82, 2.24) is 19.6 Å². The smallest absolute Gasteiger partial charge is 0.257 e. The number of rotatable bonds is 10. The Labute approximate surface area is 147 Å². The molecule has 0 saturated heterocycles. The van der Waals surface area contributed by atoms with Crippen molar-refractivity contribution in [2.24, 2.45) is 0 Å². The van der Waals surface area contributed by atoms with Gasteiger partial charge in [-0.2, -0.15) is 5.10 Å². The van der Waals surface area contributed by atoms with Crippen molar-refractivity contribution < 1.29 is 13.5 Å². The summed E-state index contributed by atoms with van der Waals surface area (Å²) in [6.07, 6.45) is 0.920. The Kier molecular flexibility index (Phi) is 7.33. The molecule has 0 saturated carbocycles. The summed E-state index contributed by atoms with van der Waals surface area (Å²) in [6, 6.07) is 8.02. The molecular weight excluding hydrogens is 326 g/mol. The fourth-order valence-corrected chi connectivity index (χ4v) is 2.49. The molecule has 1 heterocycles. The zero-order valence-corrected chi connectivity index (χ0v) is 15.0. The molecule has 2 rings (SSSR count). The average Bonchev–Trinajstić information content (AvgIpc) is 2.93. The van der Waals surface area contributed by atoms with E-state index >= 15 is 0 Å². The van der Waals surface area contributed by atoms with E-state index in [1.807, 2.05) is 39.3 Å². The van der Waals surface area contributed by atoms with Crippen molar-refractivity contribution in [1.29, 1.82) is 0 Å². The lowest BCUT2D eigenvalue weighted by Crippen LogP contribution is -2.19. The molecule has 2 aromatic rings. The van der Waals surface area contributed by atoms with Gasteiger partial charge in [0.05, 0.1) is 6.20 Å². The number of hydrogen-bond donors (Lipinski definition) is 0. The minimum Gasteiger partial charge on any atom is -0.492 e. The van der Waals surface area contributed by atoms with Gasteiger partial charge in [-0.3, -0.25) is 9.58 Å². The summed E-state index contributed by atoms with van der Waals surface area (Å²) in [5, 5.41) is 3.96. The summed E-state index contributed by atoms with van der Waals surface area (Å²) in [5.41, 5.74) is 2.06.